The van der Waals surface area contributed by atoms with Gasteiger partial charge >= 0.3 is 5.97 Å². The van der Waals surface area contributed by atoms with Gasteiger partial charge in [0.25, 0.3) is 0 Å². The second kappa shape index (κ2) is 5.47. The van der Waals surface area contributed by atoms with Crippen LogP contribution in [0.2, 0.25) is 0 Å². The van der Waals surface area contributed by atoms with Crippen LogP contribution in [0.4, 0.5) is 0 Å². The minimum absolute atomic E-state index is 0.406. The van der Waals surface area contributed by atoms with Gasteiger partial charge in [-0.15, -0.1) is 0 Å². The van der Waals surface area contributed by atoms with E-state index in [0.717, 1.165) is 31.5 Å². The zero-order valence-electron chi connectivity index (χ0n) is 9.86. The summed E-state index contributed by atoms with van der Waals surface area (Å²) in [5.74, 6) is 0.725. The Morgan fingerprint density at radius 1 is 1.47 bits per heavy atom. The highest BCUT2D eigenvalue weighted by molar-refractivity contribution is 5.73. The molecule has 3 atom stereocenters. The largest absolute Gasteiger partial charge is 0.480 e. The monoisotopic (exact) mass is 214 g/mol. The first-order chi connectivity index (χ1) is 7.04. The van der Waals surface area contributed by atoms with Crippen molar-refractivity contribution in [3.63, 3.8) is 0 Å². The Morgan fingerprint density at radius 3 is 2.40 bits per heavy atom. The summed E-state index contributed by atoms with van der Waals surface area (Å²) in [5, 5.41) is 11.7. The molecule has 3 unspecified atom stereocenters. The third-order valence-electron chi connectivity index (χ3n) is 3.44. The van der Waals surface area contributed by atoms with Crippen molar-refractivity contribution in [3.8, 4) is 0 Å². The number of nitrogens with zero attached hydrogens (tertiary/aromatic N) is 1. The van der Waals surface area contributed by atoms with E-state index in [9.17, 15) is 4.79 Å². The Morgan fingerprint density at radius 2 is 2.00 bits per heavy atom. The number of hydrogen-bond donors (Lipinski definition) is 2. The minimum Gasteiger partial charge on any atom is -0.480 e. The van der Waals surface area contributed by atoms with Gasteiger partial charge in [0, 0.05) is 19.6 Å². The van der Waals surface area contributed by atoms with Gasteiger partial charge in [0.15, 0.2) is 0 Å². The molecule has 2 N–H and O–H groups in total. The van der Waals surface area contributed by atoms with E-state index >= 15 is 0 Å². The zero-order chi connectivity index (χ0) is 11.4. The molecule has 4 nitrogen and oxygen atoms in total. The van der Waals surface area contributed by atoms with E-state index in [-0.39, 0.29) is 0 Å². The lowest BCUT2D eigenvalue weighted by Gasteiger charge is -2.18. The second-order valence-electron chi connectivity index (χ2n) is 4.68. The quantitative estimate of drug-likeness (QED) is 0.705. The predicted octanol–water partition coefficient (Wildman–Crippen LogP) is 0.637. The molecule has 0 radical (unpaired) electrons. The van der Waals surface area contributed by atoms with Gasteiger partial charge in [-0.25, -0.2) is 0 Å². The lowest BCUT2D eigenvalue weighted by Crippen LogP contribution is -2.37. The Hall–Kier alpha value is -0.610. The van der Waals surface area contributed by atoms with Gasteiger partial charge in [0.1, 0.15) is 6.04 Å². The Labute approximate surface area is 91.6 Å². The molecule has 0 aromatic rings. The second-order valence-corrected chi connectivity index (χ2v) is 4.68. The summed E-state index contributed by atoms with van der Waals surface area (Å²) in [6.07, 6.45) is 0.686. The number of nitrogens with one attached hydrogen (secondary N) is 1. The highest BCUT2D eigenvalue weighted by Crippen LogP contribution is 2.22. The third-order valence-corrected chi connectivity index (χ3v) is 3.44. The minimum atomic E-state index is -0.752. The number of carboxylic acid groups (broad SMARTS) is 1. The van der Waals surface area contributed by atoms with E-state index < -0.39 is 12.0 Å². The number of carboxylic acids is 1. The molecular formula is C11H22N2O2. The van der Waals surface area contributed by atoms with E-state index in [0.29, 0.717) is 6.42 Å². The standard InChI is InChI=1S/C11H22N2O2/c1-8-6-13(7-9(8)2)5-4-10(12-3)11(14)15/h8-10,12H,4-7H2,1-3H3,(H,14,15). The van der Waals surface area contributed by atoms with Crippen LogP contribution in [0.25, 0.3) is 0 Å². The van der Waals surface area contributed by atoms with Crippen molar-refractivity contribution in [3.05, 3.63) is 0 Å². The molecule has 1 fully saturated rings. The normalized spacial score (nSPS) is 29.3. The number of hydrogen-bond acceptors (Lipinski definition) is 3. The van der Waals surface area contributed by atoms with Gasteiger partial charge in [-0.2, -0.15) is 0 Å². The summed E-state index contributed by atoms with van der Waals surface area (Å²) >= 11 is 0. The predicted molar refractivity (Wildman–Crippen MR) is 59.9 cm³/mol. The van der Waals surface area contributed by atoms with E-state index in [4.69, 9.17) is 5.11 Å². The molecule has 0 amide bonds. The smallest absolute Gasteiger partial charge is 0.320 e. The molecule has 15 heavy (non-hydrogen) atoms. The average molecular weight is 214 g/mol. The molecule has 1 heterocycles. The van der Waals surface area contributed by atoms with Gasteiger partial charge in [-0.05, 0) is 25.3 Å². The van der Waals surface area contributed by atoms with E-state index in [1.165, 1.54) is 0 Å². The Kier molecular flexibility index (Phi) is 4.54. The number of aliphatic carboxylic acids is 1. The van der Waals surface area contributed by atoms with Gasteiger partial charge in [0.2, 0.25) is 0 Å². The average Bonchev–Trinajstić information content (AvgIpc) is 2.47. The van der Waals surface area contributed by atoms with Crippen LogP contribution in [0, 0.1) is 11.8 Å². The van der Waals surface area contributed by atoms with Gasteiger partial charge in [-0.1, -0.05) is 13.8 Å². The topological polar surface area (TPSA) is 52.6 Å². The highest BCUT2D eigenvalue weighted by atomic mass is 16.4. The van der Waals surface area contributed by atoms with Crippen LogP contribution >= 0.6 is 0 Å². The van der Waals surface area contributed by atoms with Crippen molar-refractivity contribution in [2.24, 2.45) is 11.8 Å². The third kappa shape index (κ3) is 3.47. The van der Waals surface area contributed by atoms with E-state index in [2.05, 4.69) is 24.1 Å². The molecule has 1 aliphatic heterocycles. The molecule has 0 spiro atoms. The van der Waals surface area contributed by atoms with Crippen LogP contribution in [0.1, 0.15) is 20.3 Å². The molecule has 4 heteroatoms. The molecule has 0 bridgehead atoms. The summed E-state index contributed by atoms with van der Waals surface area (Å²) in [5.41, 5.74) is 0. The number of rotatable bonds is 5. The van der Waals surface area contributed by atoms with Gasteiger partial charge in [0.05, 0.1) is 0 Å². The first kappa shape index (κ1) is 12.5. The van der Waals surface area contributed by atoms with E-state index in [1.54, 1.807) is 7.05 Å². The molecule has 0 saturated carbocycles. The van der Waals surface area contributed by atoms with Crippen molar-refractivity contribution >= 4 is 5.97 Å². The summed E-state index contributed by atoms with van der Waals surface area (Å²) < 4.78 is 0. The highest BCUT2D eigenvalue weighted by Gasteiger charge is 2.26. The van der Waals surface area contributed by atoms with Crippen LogP contribution in [0.15, 0.2) is 0 Å². The SMILES string of the molecule is CNC(CCN1CC(C)C(C)C1)C(=O)O. The van der Waals surface area contributed by atoms with Crippen LogP contribution in [-0.2, 0) is 4.79 Å². The summed E-state index contributed by atoms with van der Waals surface area (Å²) in [6.45, 7) is 7.62. The summed E-state index contributed by atoms with van der Waals surface area (Å²) in [6, 6.07) is -0.406. The molecule has 88 valence electrons. The fourth-order valence-corrected chi connectivity index (χ4v) is 2.13. The molecule has 1 rings (SSSR count). The van der Waals surface area contributed by atoms with Crippen molar-refractivity contribution in [2.75, 3.05) is 26.7 Å². The first-order valence-corrected chi connectivity index (χ1v) is 5.67. The lowest BCUT2D eigenvalue weighted by atomic mass is 10.0. The Bertz CT molecular complexity index is 211. The number of carbonyl (C=O) groups is 1. The van der Waals surface area contributed by atoms with Crippen LogP contribution in [-0.4, -0.2) is 48.7 Å². The van der Waals surface area contributed by atoms with Crippen molar-refractivity contribution in [1.82, 2.24) is 10.2 Å². The fraction of sp³-hybridized carbons (Fsp3) is 0.909. The number of likely N-dealkylation sites (N-methyl/N-ethyl adjacent to an activating group) is 1. The maximum atomic E-state index is 10.8. The van der Waals surface area contributed by atoms with Crippen molar-refractivity contribution in [2.45, 2.75) is 26.3 Å². The summed E-state index contributed by atoms with van der Waals surface area (Å²) in [4.78, 5) is 13.1. The maximum Gasteiger partial charge on any atom is 0.320 e. The molecule has 0 aromatic heterocycles. The number of likely N-dealkylation sites (tertiary alicyclic amines) is 1. The first-order valence-electron chi connectivity index (χ1n) is 5.67. The lowest BCUT2D eigenvalue weighted by molar-refractivity contribution is -0.139. The molecule has 1 aliphatic rings. The fourth-order valence-electron chi connectivity index (χ4n) is 2.13. The molecule has 0 aliphatic carbocycles. The van der Waals surface area contributed by atoms with E-state index in [1.807, 2.05) is 0 Å². The zero-order valence-corrected chi connectivity index (χ0v) is 9.86. The molecule has 0 aromatic carbocycles. The van der Waals surface area contributed by atoms with Crippen LogP contribution in [0.5, 0.6) is 0 Å². The molecular weight excluding hydrogens is 192 g/mol. The van der Waals surface area contributed by atoms with Crippen LogP contribution in [0.3, 0.4) is 0 Å². The maximum absolute atomic E-state index is 10.8. The van der Waals surface area contributed by atoms with Crippen LogP contribution < -0.4 is 5.32 Å². The van der Waals surface area contributed by atoms with Gasteiger partial charge < -0.3 is 15.3 Å². The van der Waals surface area contributed by atoms with Crippen molar-refractivity contribution < 1.29 is 9.90 Å². The summed E-state index contributed by atoms with van der Waals surface area (Å²) in [7, 11) is 1.70. The molecule has 1 saturated heterocycles. The van der Waals surface area contributed by atoms with Gasteiger partial charge in [-0.3, -0.25) is 4.79 Å². The Balaban J connectivity index is 2.28. The van der Waals surface area contributed by atoms with Crippen molar-refractivity contribution in [1.29, 1.82) is 0 Å².